The number of nitrogens with one attached hydrogen (secondary N) is 3. The van der Waals surface area contributed by atoms with Gasteiger partial charge >= 0.3 is 11.9 Å². The number of thiol groups is 1. The Morgan fingerprint density at radius 3 is 2.54 bits per heavy atom. The molecule has 7 N–H and O–H groups in total. The highest BCUT2D eigenvalue weighted by molar-refractivity contribution is 7.80. The number of amides is 3. The second kappa shape index (κ2) is 12.6. The number of carboxylic acids is 2. The maximum atomic E-state index is 13.4. The number of likely N-dealkylation sites (tertiary alicyclic amines) is 1. The summed E-state index contributed by atoms with van der Waals surface area (Å²) in [5, 5.41) is 24.2. The Labute approximate surface area is 218 Å². The number of nitrogens with two attached hydrogens (primary N) is 1. The van der Waals surface area contributed by atoms with E-state index in [2.05, 4.69) is 28.2 Å². The first-order valence-electron chi connectivity index (χ1n) is 11.9. The molecule has 0 radical (unpaired) electrons. The van der Waals surface area contributed by atoms with Crippen LogP contribution in [0.2, 0.25) is 0 Å². The standard InChI is InChI=1S/C24H31N5O7S/c25-15(10-13-11-26-16-5-2-1-4-14(13)16)21(32)27-17(7-8-20(30)31)23(34)29-9-3-6-19(29)22(33)28-18(12-37)24(35)36/h1-2,4-5,11,15,17-19,26,37H,3,6-10,12,25H2,(H,27,32)(H,28,33)(H,30,31)(H,35,36). The van der Waals surface area contributed by atoms with Crippen LogP contribution in [-0.4, -0.2) is 86.2 Å². The zero-order chi connectivity index (χ0) is 27.1. The average molecular weight is 534 g/mol. The van der Waals surface area contributed by atoms with Gasteiger partial charge in [-0.3, -0.25) is 19.2 Å². The molecule has 4 atom stereocenters. The Kier molecular flexibility index (Phi) is 9.53. The molecular weight excluding hydrogens is 502 g/mol. The van der Waals surface area contributed by atoms with Crippen LogP contribution in [0.25, 0.3) is 10.9 Å². The van der Waals surface area contributed by atoms with Gasteiger partial charge in [-0.05, 0) is 37.3 Å². The number of aliphatic carboxylic acids is 2. The van der Waals surface area contributed by atoms with Crippen LogP contribution in [0.5, 0.6) is 0 Å². The topological polar surface area (TPSA) is 195 Å². The van der Waals surface area contributed by atoms with E-state index in [0.717, 1.165) is 16.5 Å². The minimum Gasteiger partial charge on any atom is -0.481 e. The molecule has 0 aliphatic carbocycles. The van der Waals surface area contributed by atoms with Gasteiger partial charge in [-0.15, -0.1) is 0 Å². The highest BCUT2D eigenvalue weighted by atomic mass is 32.1. The molecule has 0 saturated carbocycles. The lowest BCUT2D eigenvalue weighted by Crippen LogP contribution is -2.57. The van der Waals surface area contributed by atoms with Gasteiger partial charge in [0, 0.05) is 35.8 Å². The van der Waals surface area contributed by atoms with Crippen molar-refractivity contribution in [3.63, 3.8) is 0 Å². The van der Waals surface area contributed by atoms with Crippen molar-refractivity contribution < 1.29 is 34.2 Å². The summed E-state index contributed by atoms with van der Waals surface area (Å²) in [5.41, 5.74) is 7.85. The van der Waals surface area contributed by atoms with Crippen LogP contribution in [0, 0.1) is 0 Å². The first-order chi connectivity index (χ1) is 17.6. The zero-order valence-electron chi connectivity index (χ0n) is 20.1. The number of rotatable bonds is 12. The summed E-state index contributed by atoms with van der Waals surface area (Å²) in [5.74, 6) is -4.43. The number of H-pyrrole nitrogens is 1. The van der Waals surface area contributed by atoms with Crippen molar-refractivity contribution in [3.8, 4) is 0 Å². The molecule has 1 aliphatic rings. The molecule has 3 amide bonds. The average Bonchev–Trinajstić information content (AvgIpc) is 3.52. The molecule has 4 unspecified atom stereocenters. The number of carboxylic acid groups (broad SMARTS) is 2. The summed E-state index contributed by atoms with van der Waals surface area (Å²) in [4.78, 5) is 65.9. The zero-order valence-corrected chi connectivity index (χ0v) is 20.9. The summed E-state index contributed by atoms with van der Waals surface area (Å²) in [7, 11) is 0. The van der Waals surface area contributed by atoms with Crippen molar-refractivity contribution in [2.24, 2.45) is 5.73 Å². The molecule has 3 rings (SSSR count). The molecule has 1 aromatic carbocycles. The molecule has 2 aromatic rings. The fourth-order valence-corrected chi connectivity index (χ4v) is 4.64. The maximum absolute atomic E-state index is 13.4. The third-order valence-electron chi connectivity index (χ3n) is 6.35. The third kappa shape index (κ3) is 7.01. The van der Waals surface area contributed by atoms with E-state index in [1.807, 2.05) is 24.3 Å². The summed E-state index contributed by atoms with van der Waals surface area (Å²) in [6.07, 6.45) is 2.15. The molecule has 0 bridgehead atoms. The summed E-state index contributed by atoms with van der Waals surface area (Å²) >= 11 is 3.93. The fraction of sp³-hybridized carbons (Fsp3) is 0.458. The van der Waals surface area contributed by atoms with Crippen molar-refractivity contribution in [3.05, 3.63) is 36.0 Å². The molecule has 13 heteroatoms. The summed E-state index contributed by atoms with van der Waals surface area (Å²) in [6, 6.07) is 3.13. The number of benzene rings is 1. The van der Waals surface area contributed by atoms with Crippen molar-refractivity contribution >= 4 is 53.2 Å². The Morgan fingerprint density at radius 1 is 1.14 bits per heavy atom. The van der Waals surface area contributed by atoms with Crippen LogP contribution < -0.4 is 16.4 Å². The van der Waals surface area contributed by atoms with Gasteiger partial charge in [-0.1, -0.05) is 18.2 Å². The molecule has 1 saturated heterocycles. The van der Waals surface area contributed by atoms with Crippen molar-refractivity contribution in [2.75, 3.05) is 12.3 Å². The second-order valence-corrected chi connectivity index (χ2v) is 9.30. The SMILES string of the molecule is NC(Cc1c[nH]c2ccccc12)C(=O)NC(CCC(=O)O)C(=O)N1CCCC1C(=O)NC(CS)C(=O)O. The summed E-state index contributed by atoms with van der Waals surface area (Å²) in [6.45, 7) is 0.205. The van der Waals surface area contributed by atoms with E-state index in [1.54, 1.807) is 6.20 Å². The number of hydrogen-bond donors (Lipinski definition) is 7. The number of fused-ring (bicyclic) bond motifs is 1. The molecule has 12 nitrogen and oxygen atoms in total. The summed E-state index contributed by atoms with van der Waals surface area (Å²) < 4.78 is 0. The first kappa shape index (κ1) is 28.0. The quantitative estimate of drug-likeness (QED) is 0.183. The monoisotopic (exact) mass is 533 g/mol. The minimum atomic E-state index is -1.25. The fourth-order valence-electron chi connectivity index (χ4n) is 4.39. The smallest absolute Gasteiger partial charge is 0.327 e. The van der Waals surface area contributed by atoms with Gasteiger partial charge < -0.3 is 36.5 Å². The first-order valence-corrected chi connectivity index (χ1v) is 12.5. The number of carbonyl (C=O) groups is 5. The van der Waals surface area contributed by atoms with Gasteiger partial charge in [-0.2, -0.15) is 12.6 Å². The van der Waals surface area contributed by atoms with Gasteiger partial charge in [0.25, 0.3) is 0 Å². The lowest BCUT2D eigenvalue weighted by atomic mass is 10.0. The van der Waals surface area contributed by atoms with Gasteiger partial charge in [0.1, 0.15) is 18.1 Å². The lowest BCUT2D eigenvalue weighted by molar-refractivity contribution is -0.144. The lowest BCUT2D eigenvalue weighted by Gasteiger charge is -2.29. The van der Waals surface area contributed by atoms with E-state index in [-0.39, 0.29) is 31.6 Å². The third-order valence-corrected chi connectivity index (χ3v) is 6.71. The molecule has 1 aliphatic heterocycles. The molecule has 200 valence electrons. The van der Waals surface area contributed by atoms with E-state index < -0.39 is 53.8 Å². The Hall–Kier alpha value is -3.58. The van der Waals surface area contributed by atoms with E-state index in [9.17, 15) is 29.1 Å². The minimum absolute atomic E-state index is 0.132. The molecule has 1 aromatic heterocycles. The van der Waals surface area contributed by atoms with E-state index >= 15 is 0 Å². The van der Waals surface area contributed by atoms with Crippen LogP contribution in [0.1, 0.15) is 31.2 Å². The number of hydrogen-bond acceptors (Lipinski definition) is 7. The number of carbonyl (C=O) groups excluding carboxylic acids is 3. The van der Waals surface area contributed by atoms with Gasteiger partial charge in [0.15, 0.2) is 0 Å². The molecule has 1 fully saturated rings. The van der Waals surface area contributed by atoms with Crippen LogP contribution in [0.3, 0.4) is 0 Å². The van der Waals surface area contributed by atoms with Crippen LogP contribution >= 0.6 is 12.6 Å². The van der Waals surface area contributed by atoms with Crippen molar-refractivity contribution in [1.82, 2.24) is 20.5 Å². The highest BCUT2D eigenvalue weighted by Crippen LogP contribution is 2.21. The van der Waals surface area contributed by atoms with Crippen molar-refractivity contribution in [2.45, 2.75) is 56.3 Å². The largest absolute Gasteiger partial charge is 0.481 e. The molecule has 37 heavy (non-hydrogen) atoms. The second-order valence-electron chi connectivity index (χ2n) is 8.94. The Bertz CT molecular complexity index is 1170. The number of nitrogens with zero attached hydrogens (tertiary/aromatic N) is 1. The predicted molar refractivity (Wildman–Crippen MR) is 137 cm³/mol. The van der Waals surface area contributed by atoms with Gasteiger partial charge in [0.2, 0.25) is 17.7 Å². The number of aromatic amines is 1. The van der Waals surface area contributed by atoms with E-state index in [1.165, 1.54) is 4.90 Å². The molecular formula is C24H31N5O7S. The van der Waals surface area contributed by atoms with Gasteiger partial charge in [-0.25, -0.2) is 4.79 Å². The molecule has 2 heterocycles. The number of aromatic nitrogens is 1. The normalized spacial score (nSPS) is 17.7. The van der Waals surface area contributed by atoms with Gasteiger partial charge in [0.05, 0.1) is 6.04 Å². The van der Waals surface area contributed by atoms with Crippen LogP contribution in [-0.2, 0) is 30.4 Å². The molecule has 0 spiro atoms. The van der Waals surface area contributed by atoms with E-state index in [4.69, 9.17) is 10.8 Å². The predicted octanol–water partition coefficient (Wildman–Crippen LogP) is -0.122. The van der Waals surface area contributed by atoms with Crippen molar-refractivity contribution in [1.29, 1.82) is 0 Å². The highest BCUT2D eigenvalue weighted by Gasteiger charge is 2.39. The van der Waals surface area contributed by atoms with E-state index in [0.29, 0.717) is 12.8 Å². The maximum Gasteiger partial charge on any atom is 0.327 e. The van der Waals surface area contributed by atoms with Crippen LogP contribution in [0.15, 0.2) is 30.5 Å². The Morgan fingerprint density at radius 2 is 1.86 bits per heavy atom. The Balaban J connectivity index is 1.71. The van der Waals surface area contributed by atoms with Crippen LogP contribution in [0.4, 0.5) is 0 Å². The number of para-hydroxylation sites is 1.